The van der Waals surface area contributed by atoms with Crippen LogP contribution in [0.25, 0.3) is 0 Å². The zero-order chi connectivity index (χ0) is 11.8. The summed E-state index contributed by atoms with van der Waals surface area (Å²) in [4.78, 5) is 22.0. The van der Waals surface area contributed by atoms with Gasteiger partial charge in [0.15, 0.2) is 0 Å². The molecule has 5 heteroatoms. The van der Waals surface area contributed by atoms with Crippen LogP contribution in [0, 0.1) is 0 Å². The van der Waals surface area contributed by atoms with E-state index < -0.39 is 11.2 Å². The Morgan fingerprint density at radius 3 is 2.40 bits per heavy atom. The van der Waals surface area contributed by atoms with Gasteiger partial charge in [0.05, 0.1) is 5.25 Å². The molecule has 0 aromatic rings. The number of carbonyl (C=O) groups excluding carboxylic acids is 1. The Morgan fingerprint density at radius 2 is 1.93 bits per heavy atom. The molecule has 0 saturated heterocycles. The molecule has 0 spiro atoms. The van der Waals surface area contributed by atoms with Crippen molar-refractivity contribution >= 4 is 23.6 Å². The van der Waals surface area contributed by atoms with Gasteiger partial charge in [0, 0.05) is 6.54 Å². The number of unbranched alkanes of at least 4 members (excludes halogenated alkanes) is 1. The lowest BCUT2D eigenvalue weighted by atomic mass is 10.3. The summed E-state index contributed by atoms with van der Waals surface area (Å²) < 4.78 is 0. The second-order valence-corrected chi connectivity index (χ2v) is 5.09. The van der Waals surface area contributed by atoms with E-state index in [1.807, 2.05) is 0 Å². The average Bonchev–Trinajstić information content (AvgIpc) is 2.17. The largest absolute Gasteiger partial charge is 0.480 e. The van der Waals surface area contributed by atoms with Crippen molar-refractivity contribution in [2.45, 2.75) is 44.1 Å². The van der Waals surface area contributed by atoms with Crippen LogP contribution in [0.2, 0.25) is 0 Å². The second-order valence-electron chi connectivity index (χ2n) is 3.40. The SMILES string of the molecule is CCCCNC(=O)C(C)SC(C)C(=O)O. The summed E-state index contributed by atoms with van der Waals surface area (Å²) in [6.07, 6.45) is 1.99. The summed E-state index contributed by atoms with van der Waals surface area (Å²) in [7, 11) is 0. The predicted octanol–water partition coefficient (Wildman–Crippen LogP) is 1.50. The predicted molar refractivity (Wildman–Crippen MR) is 62.1 cm³/mol. The van der Waals surface area contributed by atoms with Crippen molar-refractivity contribution in [1.82, 2.24) is 5.32 Å². The first-order valence-corrected chi connectivity index (χ1v) is 6.09. The van der Waals surface area contributed by atoms with E-state index in [1.54, 1.807) is 13.8 Å². The van der Waals surface area contributed by atoms with Crippen LogP contribution in [-0.2, 0) is 9.59 Å². The molecule has 2 unspecified atom stereocenters. The lowest BCUT2D eigenvalue weighted by Crippen LogP contribution is -2.33. The van der Waals surface area contributed by atoms with E-state index >= 15 is 0 Å². The number of aliphatic carboxylic acids is 1. The van der Waals surface area contributed by atoms with Crippen LogP contribution >= 0.6 is 11.8 Å². The highest BCUT2D eigenvalue weighted by molar-refractivity contribution is 8.01. The summed E-state index contributed by atoms with van der Waals surface area (Å²) in [6, 6.07) is 0. The van der Waals surface area contributed by atoms with E-state index in [-0.39, 0.29) is 11.2 Å². The normalized spacial score (nSPS) is 14.3. The van der Waals surface area contributed by atoms with Gasteiger partial charge >= 0.3 is 5.97 Å². The zero-order valence-corrected chi connectivity index (χ0v) is 10.3. The molecular weight excluding hydrogens is 214 g/mol. The molecule has 0 fully saturated rings. The van der Waals surface area contributed by atoms with E-state index in [1.165, 1.54) is 0 Å². The standard InChI is InChI=1S/C10H19NO3S/c1-4-5-6-11-9(12)7(2)15-8(3)10(13)14/h7-8H,4-6H2,1-3H3,(H,11,12)(H,13,14). The Morgan fingerprint density at radius 1 is 1.33 bits per heavy atom. The van der Waals surface area contributed by atoms with Crippen molar-refractivity contribution in [3.63, 3.8) is 0 Å². The van der Waals surface area contributed by atoms with E-state index in [0.717, 1.165) is 24.6 Å². The Balaban J connectivity index is 3.83. The molecule has 2 N–H and O–H groups in total. The summed E-state index contributed by atoms with van der Waals surface area (Å²) >= 11 is 1.16. The summed E-state index contributed by atoms with van der Waals surface area (Å²) in [5.41, 5.74) is 0. The van der Waals surface area contributed by atoms with Crippen LogP contribution < -0.4 is 5.32 Å². The van der Waals surface area contributed by atoms with Crippen molar-refractivity contribution in [2.75, 3.05) is 6.54 Å². The van der Waals surface area contributed by atoms with Gasteiger partial charge in [-0.3, -0.25) is 9.59 Å². The van der Waals surface area contributed by atoms with Gasteiger partial charge in [-0.1, -0.05) is 13.3 Å². The Hall–Kier alpha value is -0.710. The van der Waals surface area contributed by atoms with E-state index in [9.17, 15) is 9.59 Å². The van der Waals surface area contributed by atoms with Crippen LogP contribution in [0.15, 0.2) is 0 Å². The quantitative estimate of drug-likeness (QED) is 0.654. The zero-order valence-electron chi connectivity index (χ0n) is 9.45. The number of carboxylic acids is 1. The third-order valence-corrected chi connectivity index (χ3v) is 3.19. The molecule has 0 aliphatic heterocycles. The fraction of sp³-hybridized carbons (Fsp3) is 0.800. The minimum Gasteiger partial charge on any atom is -0.480 e. The summed E-state index contributed by atoms with van der Waals surface area (Å²) in [5.74, 6) is -0.963. The molecule has 0 aliphatic rings. The number of thioether (sulfide) groups is 1. The van der Waals surface area contributed by atoms with Crippen LogP contribution in [0.1, 0.15) is 33.6 Å². The molecule has 0 saturated carbocycles. The van der Waals surface area contributed by atoms with Crippen molar-refractivity contribution in [1.29, 1.82) is 0 Å². The van der Waals surface area contributed by atoms with E-state index in [0.29, 0.717) is 6.54 Å². The van der Waals surface area contributed by atoms with Gasteiger partial charge < -0.3 is 10.4 Å². The van der Waals surface area contributed by atoms with Gasteiger partial charge in [0.25, 0.3) is 0 Å². The van der Waals surface area contributed by atoms with Crippen LogP contribution in [0.3, 0.4) is 0 Å². The molecule has 0 aromatic carbocycles. The smallest absolute Gasteiger partial charge is 0.316 e. The first kappa shape index (κ1) is 14.3. The third-order valence-electron chi connectivity index (χ3n) is 1.95. The number of amides is 1. The fourth-order valence-electron chi connectivity index (χ4n) is 0.958. The third kappa shape index (κ3) is 6.38. The van der Waals surface area contributed by atoms with Crippen molar-refractivity contribution in [2.24, 2.45) is 0 Å². The second kappa shape index (κ2) is 7.56. The minimum atomic E-state index is -0.881. The Labute approximate surface area is 94.8 Å². The monoisotopic (exact) mass is 233 g/mol. The molecule has 0 aliphatic carbocycles. The molecule has 0 rings (SSSR count). The molecule has 88 valence electrons. The first-order chi connectivity index (χ1) is 6.99. The van der Waals surface area contributed by atoms with Gasteiger partial charge in [-0.25, -0.2) is 0 Å². The average molecular weight is 233 g/mol. The van der Waals surface area contributed by atoms with Crippen LogP contribution in [0.5, 0.6) is 0 Å². The highest BCUT2D eigenvalue weighted by Crippen LogP contribution is 2.17. The maximum absolute atomic E-state index is 11.5. The lowest BCUT2D eigenvalue weighted by Gasteiger charge is -2.13. The highest BCUT2D eigenvalue weighted by atomic mass is 32.2. The molecule has 0 bridgehead atoms. The van der Waals surface area contributed by atoms with Crippen LogP contribution in [0.4, 0.5) is 0 Å². The van der Waals surface area contributed by atoms with Gasteiger partial charge in [0.1, 0.15) is 5.25 Å². The van der Waals surface area contributed by atoms with Gasteiger partial charge in [-0.2, -0.15) is 0 Å². The summed E-state index contributed by atoms with van der Waals surface area (Å²) in [5, 5.41) is 10.6. The number of nitrogens with one attached hydrogen (secondary N) is 1. The van der Waals surface area contributed by atoms with Gasteiger partial charge in [0.2, 0.25) is 5.91 Å². The molecule has 1 amide bonds. The number of hydrogen-bond donors (Lipinski definition) is 2. The fourth-order valence-corrected chi connectivity index (χ4v) is 1.89. The van der Waals surface area contributed by atoms with E-state index in [4.69, 9.17) is 5.11 Å². The number of carboxylic acid groups (broad SMARTS) is 1. The molecule has 2 atom stereocenters. The van der Waals surface area contributed by atoms with Gasteiger partial charge in [-0.05, 0) is 20.3 Å². The number of hydrogen-bond acceptors (Lipinski definition) is 3. The maximum atomic E-state index is 11.5. The van der Waals surface area contributed by atoms with E-state index in [2.05, 4.69) is 12.2 Å². The van der Waals surface area contributed by atoms with Crippen molar-refractivity contribution in [3.8, 4) is 0 Å². The maximum Gasteiger partial charge on any atom is 0.316 e. The Bertz CT molecular complexity index is 221. The molecule has 4 nitrogen and oxygen atoms in total. The molecule has 0 radical (unpaired) electrons. The van der Waals surface area contributed by atoms with Crippen LogP contribution in [-0.4, -0.2) is 34.0 Å². The first-order valence-electron chi connectivity index (χ1n) is 5.15. The topological polar surface area (TPSA) is 66.4 Å². The summed E-state index contributed by atoms with van der Waals surface area (Å²) in [6.45, 7) is 6.03. The number of rotatable bonds is 7. The molecule has 0 heterocycles. The highest BCUT2D eigenvalue weighted by Gasteiger charge is 2.20. The van der Waals surface area contributed by atoms with Crippen molar-refractivity contribution in [3.05, 3.63) is 0 Å². The minimum absolute atomic E-state index is 0.0819. The number of carbonyl (C=O) groups is 2. The Kier molecular flexibility index (Phi) is 7.21. The molecular formula is C10H19NO3S. The lowest BCUT2D eigenvalue weighted by molar-refractivity contribution is -0.136. The van der Waals surface area contributed by atoms with Gasteiger partial charge in [-0.15, -0.1) is 11.8 Å². The molecule has 0 aromatic heterocycles. The molecule has 15 heavy (non-hydrogen) atoms. The van der Waals surface area contributed by atoms with Crippen molar-refractivity contribution < 1.29 is 14.7 Å².